The van der Waals surface area contributed by atoms with Gasteiger partial charge in [-0.05, 0) is 18.9 Å². The summed E-state index contributed by atoms with van der Waals surface area (Å²) >= 11 is 5.64. The van der Waals surface area contributed by atoms with Crippen molar-refractivity contribution in [3.05, 3.63) is 28.5 Å². The molecule has 0 saturated heterocycles. The molecule has 1 saturated carbocycles. The zero-order valence-electron chi connectivity index (χ0n) is 9.41. The Balaban J connectivity index is 2.26. The molecule has 2 N–H and O–H groups in total. The van der Waals surface area contributed by atoms with Crippen LogP contribution in [0.1, 0.15) is 24.1 Å². The van der Waals surface area contributed by atoms with Crippen molar-refractivity contribution >= 4 is 17.6 Å². The minimum Gasteiger partial charge on any atom is -0.481 e. The summed E-state index contributed by atoms with van der Waals surface area (Å²) in [4.78, 5) is 13.9. The fourth-order valence-corrected chi connectivity index (χ4v) is 2.42. The van der Waals surface area contributed by atoms with Crippen LogP contribution in [-0.4, -0.2) is 21.2 Å². The molecular weight excluding hydrogens is 287 g/mol. The number of halogens is 4. The van der Waals surface area contributed by atoms with E-state index in [9.17, 15) is 23.1 Å². The number of pyridine rings is 1. The van der Waals surface area contributed by atoms with Gasteiger partial charge in [0.05, 0.1) is 11.5 Å². The highest BCUT2D eigenvalue weighted by Gasteiger charge is 2.49. The topological polar surface area (TPSA) is 70.4 Å². The summed E-state index contributed by atoms with van der Waals surface area (Å²) in [5.41, 5.74) is -2.64. The number of carboxylic acids is 1. The number of carbonyl (C=O) groups is 1. The van der Waals surface area contributed by atoms with Gasteiger partial charge in [-0.2, -0.15) is 13.2 Å². The summed E-state index contributed by atoms with van der Waals surface area (Å²) in [6.07, 6.45) is -4.79. The number of hydrogen-bond acceptors (Lipinski definition) is 3. The smallest absolute Gasteiger partial charge is 0.433 e. The number of hydrogen-bond donors (Lipinski definition) is 2. The van der Waals surface area contributed by atoms with Crippen molar-refractivity contribution in [3.8, 4) is 0 Å². The highest BCUT2D eigenvalue weighted by Crippen LogP contribution is 2.47. The molecule has 0 aliphatic heterocycles. The maximum absolute atomic E-state index is 12.4. The van der Waals surface area contributed by atoms with E-state index >= 15 is 0 Å². The van der Waals surface area contributed by atoms with E-state index < -0.39 is 34.5 Å². The molecule has 0 radical (unpaired) electrons. The van der Waals surface area contributed by atoms with Gasteiger partial charge in [-0.3, -0.25) is 4.79 Å². The standard InChI is InChI=1S/C11H9ClF3NO3/c12-8-6(1-2-7(16-8)11(13,14)15)10(19)3-5(4-10)9(17)18/h1-2,5,19H,3-4H2,(H,17,18). The summed E-state index contributed by atoms with van der Waals surface area (Å²) in [5, 5.41) is 18.4. The zero-order chi connectivity index (χ0) is 14.4. The van der Waals surface area contributed by atoms with Gasteiger partial charge in [0.1, 0.15) is 10.8 Å². The Morgan fingerprint density at radius 2 is 2.00 bits per heavy atom. The molecule has 0 unspecified atom stereocenters. The third-order valence-corrected chi connectivity index (χ3v) is 3.45. The van der Waals surface area contributed by atoms with Gasteiger partial charge in [-0.1, -0.05) is 17.7 Å². The average molecular weight is 296 g/mol. The number of carboxylic acid groups (broad SMARTS) is 1. The quantitative estimate of drug-likeness (QED) is 0.822. The van der Waals surface area contributed by atoms with Gasteiger partial charge in [-0.25, -0.2) is 4.98 Å². The fourth-order valence-electron chi connectivity index (χ4n) is 2.09. The third kappa shape index (κ3) is 2.52. The van der Waals surface area contributed by atoms with Crippen LogP contribution in [0.25, 0.3) is 0 Å². The van der Waals surface area contributed by atoms with Crippen molar-refractivity contribution in [3.63, 3.8) is 0 Å². The van der Waals surface area contributed by atoms with Gasteiger partial charge in [0.2, 0.25) is 0 Å². The first-order valence-electron chi connectivity index (χ1n) is 5.33. The molecule has 104 valence electrons. The predicted octanol–water partition coefficient (Wildman–Crippen LogP) is 2.44. The van der Waals surface area contributed by atoms with Crippen LogP contribution in [0, 0.1) is 5.92 Å². The Bertz CT molecular complexity index is 526. The van der Waals surface area contributed by atoms with Crippen LogP contribution in [0.5, 0.6) is 0 Å². The molecule has 19 heavy (non-hydrogen) atoms. The van der Waals surface area contributed by atoms with Crippen LogP contribution >= 0.6 is 11.6 Å². The van der Waals surface area contributed by atoms with E-state index in [2.05, 4.69) is 4.98 Å². The first-order valence-corrected chi connectivity index (χ1v) is 5.71. The Morgan fingerprint density at radius 3 is 2.42 bits per heavy atom. The molecule has 0 spiro atoms. The first-order chi connectivity index (χ1) is 8.63. The van der Waals surface area contributed by atoms with Crippen molar-refractivity contribution in [2.75, 3.05) is 0 Å². The van der Waals surface area contributed by atoms with Crippen LogP contribution < -0.4 is 0 Å². The lowest BCUT2D eigenvalue weighted by molar-refractivity contribution is -0.159. The van der Waals surface area contributed by atoms with Crippen LogP contribution in [0.15, 0.2) is 12.1 Å². The molecule has 0 aromatic carbocycles. The van der Waals surface area contributed by atoms with E-state index in [4.69, 9.17) is 16.7 Å². The molecule has 1 aromatic heterocycles. The molecule has 1 fully saturated rings. The lowest BCUT2D eigenvalue weighted by atomic mass is 9.68. The highest BCUT2D eigenvalue weighted by atomic mass is 35.5. The number of aromatic nitrogens is 1. The highest BCUT2D eigenvalue weighted by molar-refractivity contribution is 6.30. The Kier molecular flexibility index (Phi) is 3.22. The minimum absolute atomic E-state index is 0.0275. The maximum Gasteiger partial charge on any atom is 0.433 e. The van der Waals surface area contributed by atoms with Gasteiger partial charge >= 0.3 is 12.1 Å². The molecule has 1 aliphatic rings. The number of alkyl halides is 3. The summed E-state index contributed by atoms with van der Waals surface area (Å²) < 4.78 is 37.2. The molecule has 4 nitrogen and oxygen atoms in total. The van der Waals surface area contributed by atoms with Gasteiger partial charge in [0, 0.05) is 5.56 Å². The minimum atomic E-state index is -4.62. The number of rotatable bonds is 2. The summed E-state index contributed by atoms with van der Waals surface area (Å²) in [6, 6.07) is 1.75. The van der Waals surface area contributed by atoms with Crippen molar-refractivity contribution in [2.24, 2.45) is 5.92 Å². The lowest BCUT2D eigenvalue weighted by Gasteiger charge is -2.42. The van der Waals surface area contributed by atoms with E-state index in [0.29, 0.717) is 6.07 Å². The molecule has 0 amide bonds. The third-order valence-electron chi connectivity index (χ3n) is 3.16. The summed E-state index contributed by atoms with van der Waals surface area (Å²) in [7, 11) is 0. The number of aliphatic carboxylic acids is 1. The SMILES string of the molecule is O=C(O)C1CC(O)(c2ccc(C(F)(F)F)nc2Cl)C1. The number of nitrogens with zero attached hydrogens (tertiary/aromatic N) is 1. The van der Waals surface area contributed by atoms with Crippen molar-refractivity contribution in [2.45, 2.75) is 24.6 Å². The molecular formula is C11H9ClF3NO3. The van der Waals surface area contributed by atoms with E-state index in [1.54, 1.807) is 0 Å². The second-order valence-corrected chi connectivity index (χ2v) is 4.87. The Labute approximate surface area is 110 Å². The predicted molar refractivity (Wildman–Crippen MR) is 58.5 cm³/mol. The Morgan fingerprint density at radius 1 is 1.42 bits per heavy atom. The van der Waals surface area contributed by atoms with E-state index in [1.165, 1.54) is 0 Å². The monoisotopic (exact) mass is 295 g/mol. The van der Waals surface area contributed by atoms with Crippen molar-refractivity contribution < 1.29 is 28.2 Å². The van der Waals surface area contributed by atoms with E-state index in [0.717, 1.165) is 6.07 Å². The molecule has 0 atom stereocenters. The maximum atomic E-state index is 12.4. The number of aliphatic hydroxyl groups is 1. The van der Waals surface area contributed by atoms with E-state index in [1.807, 2.05) is 0 Å². The van der Waals surface area contributed by atoms with E-state index in [-0.39, 0.29) is 18.4 Å². The van der Waals surface area contributed by atoms with Crippen LogP contribution in [0.2, 0.25) is 5.15 Å². The van der Waals surface area contributed by atoms with Crippen LogP contribution in [0.4, 0.5) is 13.2 Å². The normalized spacial score (nSPS) is 26.9. The first kappa shape index (κ1) is 14.1. The van der Waals surface area contributed by atoms with Gasteiger partial charge in [0.25, 0.3) is 0 Å². The summed E-state index contributed by atoms with van der Waals surface area (Å²) in [6.45, 7) is 0. The molecule has 8 heteroatoms. The second kappa shape index (κ2) is 4.35. The molecule has 2 rings (SSSR count). The van der Waals surface area contributed by atoms with Gasteiger partial charge in [-0.15, -0.1) is 0 Å². The molecule has 0 bridgehead atoms. The lowest BCUT2D eigenvalue weighted by Crippen LogP contribution is -2.44. The van der Waals surface area contributed by atoms with Crippen LogP contribution in [0.3, 0.4) is 0 Å². The Hall–Kier alpha value is -1.34. The van der Waals surface area contributed by atoms with Crippen LogP contribution in [-0.2, 0) is 16.6 Å². The molecule has 1 aliphatic carbocycles. The van der Waals surface area contributed by atoms with Gasteiger partial charge in [0.15, 0.2) is 0 Å². The zero-order valence-corrected chi connectivity index (χ0v) is 10.2. The molecule has 1 heterocycles. The molecule has 1 aromatic rings. The van der Waals surface area contributed by atoms with Crippen molar-refractivity contribution in [1.29, 1.82) is 0 Å². The second-order valence-electron chi connectivity index (χ2n) is 4.51. The average Bonchev–Trinajstić information content (AvgIpc) is 2.23. The largest absolute Gasteiger partial charge is 0.481 e. The van der Waals surface area contributed by atoms with Crippen molar-refractivity contribution in [1.82, 2.24) is 4.98 Å². The van der Waals surface area contributed by atoms with Gasteiger partial charge < -0.3 is 10.2 Å². The summed E-state index contributed by atoms with van der Waals surface area (Å²) in [5.74, 6) is -1.77. The fraction of sp³-hybridized carbons (Fsp3) is 0.455.